The fraction of sp³-hybridized carbons (Fsp3) is 0.667. The third-order valence-corrected chi connectivity index (χ3v) is 4.31. The van der Waals surface area contributed by atoms with Gasteiger partial charge in [0.2, 0.25) is 0 Å². The minimum absolute atomic E-state index is 0.197. The smallest absolute Gasteiger partial charge is 0.255 e. The van der Waals surface area contributed by atoms with Crippen LogP contribution in [0.15, 0.2) is 6.07 Å². The first-order valence-corrected chi connectivity index (χ1v) is 7.21. The van der Waals surface area contributed by atoms with Gasteiger partial charge in [-0.25, -0.2) is 0 Å². The largest absolute Gasteiger partial charge is 0.349 e. The van der Waals surface area contributed by atoms with E-state index in [1.165, 1.54) is 5.69 Å². The van der Waals surface area contributed by atoms with E-state index in [-0.39, 0.29) is 5.91 Å². The van der Waals surface area contributed by atoms with Crippen LogP contribution in [-0.2, 0) is 6.54 Å². The standard InChI is InChI=1S/C15H25N3O/c1-5-18-11(2)10-14(12(18)3)15(19)17-8-6-13(16-4)7-9-17/h10,13,16H,5-9H2,1-4H3. The highest BCUT2D eigenvalue weighted by atomic mass is 16.2. The third kappa shape index (κ3) is 2.68. The van der Waals surface area contributed by atoms with Crippen LogP contribution in [0.5, 0.6) is 0 Å². The van der Waals surface area contributed by atoms with E-state index in [0.29, 0.717) is 6.04 Å². The number of aryl methyl sites for hydroxylation is 1. The van der Waals surface area contributed by atoms with Gasteiger partial charge in [-0.3, -0.25) is 4.79 Å². The van der Waals surface area contributed by atoms with Crippen molar-refractivity contribution in [3.05, 3.63) is 23.0 Å². The average Bonchev–Trinajstić information content (AvgIpc) is 2.72. The van der Waals surface area contributed by atoms with Crippen LogP contribution in [0, 0.1) is 13.8 Å². The summed E-state index contributed by atoms with van der Waals surface area (Å²) in [6.07, 6.45) is 2.10. The molecule has 0 aliphatic carbocycles. The number of carbonyl (C=O) groups excluding carboxylic acids is 1. The van der Waals surface area contributed by atoms with Crippen molar-refractivity contribution in [3.63, 3.8) is 0 Å². The molecule has 0 atom stereocenters. The molecular weight excluding hydrogens is 238 g/mol. The molecule has 0 saturated carbocycles. The molecule has 1 aromatic heterocycles. The molecule has 0 spiro atoms. The van der Waals surface area contributed by atoms with E-state index in [1.54, 1.807) is 0 Å². The van der Waals surface area contributed by atoms with Crippen molar-refractivity contribution in [1.29, 1.82) is 0 Å². The van der Waals surface area contributed by atoms with Gasteiger partial charge >= 0.3 is 0 Å². The Morgan fingerprint density at radius 2 is 2.00 bits per heavy atom. The topological polar surface area (TPSA) is 37.3 Å². The summed E-state index contributed by atoms with van der Waals surface area (Å²) in [7, 11) is 2.00. The van der Waals surface area contributed by atoms with E-state index in [2.05, 4.69) is 23.7 Å². The molecule has 1 saturated heterocycles. The first kappa shape index (κ1) is 14.1. The summed E-state index contributed by atoms with van der Waals surface area (Å²) in [4.78, 5) is 14.6. The molecule has 0 radical (unpaired) electrons. The molecular formula is C15H25N3O. The second kappa shape index (κ2) is 5.78. The highest BCUT2D eigenvalue weighted by Gasteiger charge is 2.25. The van der Waals surface area contributed by atoms with Crippen molar-refractivity contribution in [2.24, 2.45) is 0 Å². The Kier molecular flexibility index (Phi) is 4.30. The molecule has 1 aromatic rings. The van der Waals surface area contributed by atoms with Gasteiger partial charge in [0, 0.05) is 37.1 Å². The van der Waals surface area contributed by atoms with Gasteiger partial charge in [-0.05, 0) is 46.7 Å². The van der Waals surface area contributed by atoms with E-state index in [0.717, 1.165) is 43.7 Å². The number of nitrogens with one attached hydrogen (secondary N) is 1. The highest BCUT2D eigenvalue weighted by molar-refractivity contribution is 5.95. The number of hydrogen-bond acceptors (Lipinski definition) is 2. The number of hydrogen-bond donors (Lipinski definition) is 1. The molecule has 1 aliphatic heterocycles. The monoisotopic (exact) mass is 263 g/mol. The van der Waals surface area contributed by atoms with Gasteiger partial charge < -0.3 is 14.8 Å². The Balaban J connectivity index is 2.12. The minimum atomic E-state index is 0.197. The van der Waals surface area contributed by atoms with Gasteiger partial charge in [0.1, 0.15) is 0 Å². The van der Waals surface area contributed by atoms with Crippen LogP contribution in [0.3, 0.4) is 0 Å². The van der Waals surface area contributed by atoms with E-state index < -0.39 is 0 Å². The number of amides is 1. The molecule has 2 rings (SSSR count). The molecule has 19 heavy (non-hydrogen) atoms. The van der Waals surface area contributed by atoms with Crippen LogP contribution in [0.2, 0.25) is 0 Å². The summed E-state index contributed by atoms with van der Waals surface area (Å²) in [5.41, 5.74) is 3.15. The predicted molar refractivity (Wildman–Crippen MR) is 77.6 cm³/mol. The Morgan fingerprint density at radius 1 is 1.37 bits per heavy atom. The molecule has 0 unspecified atom stereocenters. The summed E-state index contributed by atoms with van der Waals surface area (Å²) < 4.78 is 2.20. The highest BCUT2D eigenvalue weighted by Crippen LogP contribution is 2.19. The van der Waals surface area contributed by atoms with Crippen LogP contribution in [0.1, 0.15) is 41.5 Å². The normalized spacial score (nSPS) is 16.9. The third-order valence-electron chi connectivity index (χ3n) is 4.31. The van der Waals surface area contributed by atoms with Gasteiger partial charge in [0.05, 0.1) is 5.56 Å². The van der Waals surface area contributed by atoms with Crippen molar-refractivity contribution >= 4 is 5.91 Å². The van der Waals surface area contributed by atoms with Crippen LogP contribution >= 0.6 is 0 Å². The fourth-order valence-electron chi connectivity index (χ4n) is 3.05. The summed E-state index contributed by atoms with van der Waals surface area (Å²) >= 11 is 0. The Morgan fingerprint density at radius 3 is 2.47 bits per heavy atom. The van der Waals surface area contributed by atoms with Gasteiger partial charge in [-0.1, -0.05) is 0 Å². The van der Waals surface area contributed by atoms with E-state index >= 15 is 0 Å². The van der Waals surface area contributed by atoms with Crippen molar-refractivity contribution in [1.82, 2.24) is 14.8 Å². The van der Waals surface area contributed by atoms with Crippen molar-refractivity contribution < 1.29 is 4.79 Å². The zero-order valence-electron chi connectivity index (χ0n) is 12.5. The molecule has 2 heterocycles. The van der Waals surface area contributed by atoms with Crippen LogP contribution in [0.4, 0.5) is 0 Å². The number of nitrogens with zero attached hydrogens (tertiary/aromatic N) is 2. The quantitative estimate of drug-likeness (QED) is 0.905. The summed E-state index contributed by atoms with van der Waals surface area (Å²) in [5.74, 6) is 0.197. The van der Waals surface area contributed by atoms with Gasteiger partial charge in [-0.15, -0.1) is 0 Å². The Hall–Kier alpha value is -1.29. The lowest BCUT2D eigenvalue weighted by Gasteiger charge is -2.31. The lowest BCUT2D eigenvalue weighted by atomic mass is 10.0. The minimum Gasteiger partial charge on any atom is -0.349 e. The van der Waals surface area contributed by atoms with Crippen molar-refractivity contribution in [2.75, 3.05) is 20.1 Å². The molecule has 1 N–H and O–H groups in total. The first-order valence-electron chi connectivity index (χ1n) is 7.21. The van der Waals surface area contributed by atoms with Crippen LogP contribution in [-0.4, -0.2) is 41.6 Å². The lowest BCUT2D eigenvalue weighted by molar-refractivity contribution is 0.0706. The number of carbonyl (C=O) groups is 1. The predicted octanol–water partition coefficient (Wildman–Crippen LogP) is 1.95. The van der Waals surface area contributed by atoms with Crippen LogP contribution < -0.4 is 5.32 Å². The van der Waals surface area contributed by atoms with Crippen LogP contribution in [0.25, 0.3) is 0 Å². The maximum Gasteiger partial charge on any atom is 0.255 e. The molecule has 106 valence electrons. The summed E-state index contributed by atoms with van der Waals surface area (Å²) in [6, 6.07) is 2.60. The second-order valence-corrected chi connectivity index (χ2v) is 5.38. The van der Waals surface area contributed by atoms with E-state index in [1.807, 2.05) is 24.9 Å². The molecule has 4 heteroatoms. The summed E-state index contributed by atoms with van der Waals surface area (Å²) in [6.45, 7) is 8.88. The lowest BCUT2D eigenvalue weighted by Crippen LogP contribution is -2.44. The van der Waals surface area contributed by atoms with Gasteiger partial charge in [-0.2, -0.15) is 0 Å². The number of piperidine rings is 1. The molecule has 0 aromatic carbocycles. The SMILES string of the molecule is CCn1c(C)cc(C(=O)N2CCC(NC)CC2)c1C. The molecule has 4 nitrogen and oxygen atoms in total. The van der Waals surface area contributed by atoms with Gasteiger partial charge in [0.15, 0.2) is 0 Å². The van der Waals surface area contributed by atoms with E-state index in [4.69, 9.17) is 0 Å². The molecule has 1 aliphatic rings. The maximum absolute atomic E-state index is 12.6. The molecule has 1 fully saturated rings. The molecule has 0 bridgehead atoms. The zero-order valence-corrected chi connectivity index (χ0v) is 12.5. The number of aromatic nitrogens is 1. The average molecular weight is 263 g/mol. The van der Waals surface area contributed by atoms with E-state index in [9.17, 15) is 4.79 Å². The Labute approximate surface area is 115 Å². The fourth-order valence-corrected chi connectivity index (χ4v) is 3.05. The first-order chi connectivity index (χ1) is 9.08. The van der Waals surface area contributed by atoms with Crippen molar-refractivity contribution in [3.8, 4) is 0 Å². The maximum atomic E-state index is 12.6. The molecule has 1 amide bonds. The van der Waals surface area contributed by atoms with Crippen molar-refractivity contribution in [2.45, 2.75) is 46.2 Å². The summed E-state index contributed by atoms with van der Waals surface area (Å²) in [5, 5.41) is 3.29. The number of likely N-dealkylation sites (tertiary alicyclic amines) is 1. The second-order valence-electron chi connectivity index (χ2n) is 5.38. The number of rotatable bonds is 3. The van der Waals surface area contributed by atoms with Gasteiger partial charge in [0.25, 0.3) is 5.91 Å². The zero-order chi connectivity index (χ0) is 14.0. The Bertz CT molecular complexity index is 456.